The van der Waals surface area contributed by atoms with E-state index in [0.29, 0.717) is 12.2 Å². The molecule has 6 heteroatoms. The summed E-state index contributed by atoms with van der Waals surface area (Å²) in [7, 11) is 1.61. The molecule has 1 heterocycles. The smallest absolute Gasteiger partial charge is 0.251 e. The Morgan fingerprint density at radius 1 is 1.03 bits per heavy atom. The van der Waals surface area contributed by atoms with Gasteiger partial charge >= 0.3 is 0 Å². The minimum atomic E-state index is -0.247. The summed E-state index contributed by atoms with van der Waals surface area (Å²) in [5.74, 6) is 2.38. The van der Waals surface area contributed by atoms with Gasteiger partial charge in [-0.1, -0.05) is 24.3 Å². The van der Waals surface area contributed by atoms with Crippen LogP contribution in [0.3, 0.4) is 0 Å². The number of imidazole rings is 1. The number of hydrogen-bond donors (Lipinski definition) is 1. The Bertz CT molecular complexity index is 1290. The van der Waals surface area contributed by atoms with Gasteiger partial charge in [-0.05, 0) is 87.2 Å². The van der Waals surface area contributed by atoms with Crippen LogP contribution in [0.2, 0.25) is 0 Å². The minimum absolute atomic E-state index is 0.138. The summed E-state index contributed by atoms with van der Waals surface area (Å²) in [6, 6.07) is 21.2. The lowest BCUT2D eigenvalue weighted by molar-refractivity contribution is 0.0937. The molecule has 0 radical (unpaired) electrons. The molecule has 0 aliphatic rings. The number of aromatic nitrogens is 2. The molecule has 3 aromatic carbocycles. The number of rotatable bonds is 10. The molecule has 4 rings (SSSR count). The van der Waals surface area contributed by atoms with Gasteiger partial charge in [-0.2, -0.15) is 0 Å². The maximum Gasteiger partial charge on any atom is 0.251 e. The maximum atomic E-state index is 12.8. The third kappa shape index (κ3) is 5.83. The Labute approximate surface area is 206 Å². The predicted molar refractivity (Wildman–Crippen MR) is 139 cm³/mol. The minimum Gasteiger partial charge on any atom is -0.497 e. The molecule has 35 heavy (non-hydrogen) atoms. The standard InChI is InChI=1S/C29H33N3O3/c1-20-11-12-21(2)27(19-20)35-18-8-7-17-32-26-10-6-5-9-25(26)31-28(32)22(3)30-29(33)23-13-15-24(34-4)16-14-23/h5-6,9-16,19,22H,7-8,17-18H2,1-4H3,(H,30,33). The van der Waals surface area contributed by atoms with Crippen molar-refractivity contribution in [1.29, 1.82) is 0 Å². The number of fused-ring (bicyclic) bond motifs is 1. The van der Waals surface area contributed by atoms with Crippen molar-refractivity contribution in [3.63, 3.8) is 0 Å². The quantitative estimate of drug-likeness (QED) is 0.288. The lowest BCUT2D eigenvalue weighted by atomic mass is 10.1. The number of carbonyl (C=O) groups excluding carboxylic acids is 1. The molecule has 6 nitrogen and oxygen atoms in total. The summed E-state index contributed by atoms with van der Waals surface area (Å²) < 4.78 is 13.4. The number of methoxy groups -OCH3 is 1. The number of ether oxygens (including phenoxy) is 2. The molecule has 1 N–H and O–H groups in total. The van der Waals surface area contributed by atoms with E-state index in [2.05, 4.69) is 48.0 Å². The zero-order valence-corrected chi connectivity index (χ0v) is 20.9. The first-order chi connectivity index (χ1) is 17.0. The molecule has 1 atom stereocenters. The van der Waals surface area contributed by atoms with Gasteiger partial charge in [0.15, 0.2) is 0 Å². The first-order valence-electron chi connectivity index (χ1n) is 12.1. The molecule has 4 aromatic rings. The first kappa shape index (κ1) is 24.3. The van der Waals surface area contributed by atoms with Gasteiger partial charge in [-0.25, -0.2) is 4.98 Å². The number of carbonyl (C=O) groups is 1. The van der Waals surface area contributed by atoms with Gasteiger partial charge in [-0.15, -0.1) is 0 Å². The third-order valence-corrected chi connectivity index (χ3v) is 6.15. The number of nitrogens with zero attached hydrogens (tertiary/aromatic N) is 2. The number of unbranched alkanes of at least 4 members (excludes halogenated alkanes) is 1. The van der Waals surface area contributed by atoms with Gasteiger partial charge in [0.05, 0.1) is 30.8 Å². The number of para-hydroxylation sites is 2. The van der Waals surface area contributed by atoms with Gasteiger partial charge in [0, 0.05) is 12.1 Å². The lowest BCUT2D eigenvalue weighted by Gasteiger charge is -2.17. The second-order valence-electron chi connectivity index (χ2n) is 8.86. The van der Waals surface area contributed by atoms with Crippen LogP contribution in [0.1, 0.15) is 53.1 Å². The molecule has 0 bridgehead atoms. The summed E-state index contributed by atoms with van der Waals surface area (Å²) in [5, 5.41) is 3.10. The second-order valence-corrected chi connectivity index (χ2v) is 8.86. The predicted octanol–water partition coefficient (Wildman–Crippen LogP) is 6.01. The Morgan fingerprint density at radius 3 is 2.57 bits per heavy atom. The van der Waals surface area contributed by atoms with Crippen molar-refractivity contribution in [2.75, 3.05) is 13.7 Å². The molecule has 0 aliphatic heterocycles. The first-order valence-corrected chi connectivity index (χ1v) is 12.1. The van der Waals surface area contributed by atoms with Crippen molar-refractivity contribution >= 4 is 16.9 Å². The van der Waals surface area contributed by atoms with E-state index in [4.69, 9.17) is 14.5 Å². The Morgan fingerprint density at radius 2 is 1.80 bits per heavy atom. The van der Waals surface area contributed by atoms with Gasteiger partial charge in [0.1, 0.15) is 17.3 Å². The Kier molecular flexibility index (Phi) is 7.70. The number of benzene rings is 3. The van der Waals surface area contributed by atoms with Gasteiger partial charge in [-0.3, -0.25) is 4.79 Å². The highest BCUT2D eigenvalue weighted by molar-refractivity contribution is 5.94. The summed E-state index contributed by atoms with van der Waals surface area (Å²) in [6.45, 7) is 7.58. The van der Waals surface area contributed by atoms with Crippen LogP contribution in [0.25, 0.3) is 11.0 Å². The molecule has 1 amide bonds. The Hall–Kier alpha value is -3.80. The van der Waals surface area contributed by atoms with E-state index >= 15 is 0 Å². The molecule has 0 aliphatic carbocycles. The highest BCUT2D eigenvalue weighted by Gasteiger charge is 2.19. The summed E-state index contributed by atoms with van der Waals surface area (Å²) in [4.78, 5) is 17.7. The number of aryl methyl sites for hydroxylation is 3. The molecule has 182 valence electrons. The zero-order valence-electron chi connectivity index (χ0n) is 20.9. The van der Waals surface area contributed by atoms with E-state index in [1.165, 1.54) is 5.56 Å². The van der Waals surface area contributed by atoms with Crippen LogP contribution in [0, 0.1) is 13.8 Å². The highest BCUT2D eigenvalue weighted by atomic mass is 16.5. The van der Waals surface area contributed by atoms with Crippen molar-refractivity contribution < 1.29 is 14.3 Å². The maximum absolute atomic E-state index is 12.8. The van der Waals surface area contributed by atoms with Crippen LogP contribution in [0.4, 0.5) is 0 Å². The largest absolute Gasteiger partial charge is 0.497 e. The average Bonchev–Trinajstić information content (AvgIpc) is 3.24. The normalized spacial score (nSPS) is 11.9. The lowest BCUT2D eigenvalue weighted by Crippen LogP contribution is -2.28. The molecule has 0 saturated carbocycles. The summed E-state index contributed by atoms with van der Waals surface area (Å²) in [6.07, 6.45) is 1.86. The van der Waals surface area contributed by atoms with Crippen LogP contribution in [-0.4, -0.2) is 29.2 Å². The van der Waals surface area contributed by atoms with Crippen molar-refractivity contribution in [3.8, 4) is 11.5 Å². The monoisotopic (exact) mass is 471 g/mol. The molecular weight excluding hydrogens is 438 g/mol. The molecule has 1 aromatic heterocycles. The van der Waals surface area contributed by atoms with E-state index in [0.717, 1.165) is 53.3 Å². The van der Waals surface area contributed by atoms with Crippen LogP contribution in [-0.2, 0) is 6.54 Å². The summed E-state index contributed by atoms with van der Waals surface area (Å²) in [5.41, 5.74) is 4.94. The third-order valence-electron chi connectivity index (χ3n) is 6.15. The van der Waals surface area contributed by atoms with E-state index in [9.17, 15) is 4.79 Å². The topological polar surface area (TPSA) is 65.4 Å². The fourth-order valence-electron chi connectivity index (χ4n) is 4.16. The fourth-order valence-corrected chi connectivity index (χ4v) is 4.16. The molecule has 0 saturated heterocycles. The molecular formula is C29H33N3O3. The van der Waals surface area contributed by atoms with Crippen LogP contribution < -0.4 is 14.8 Å². The van der Waals surface area contributed by atoms with Crippen molar-refractivity contribution in [2.24, 2.45) is 0 Å². The van der Waals surface area contributed by atoms with Crippen molar-refractivity contribution in [3.05, 3.63) is 89.2 Å². The number of nitrogens with one attached hydrogen (secondary N) is 1. The SMILES string of the molecule is COc1ccc(C(=O)NC(C)c2nc3ccccc3n2CCCCOc2cc(C)ccc2C)cc1. The highest BCUT2D eigenvalue weighted by Crippen LogP contribution is 2.23. The second kappa shape index (κ2) is 11.1. The zero-order chi connectivity index (χ0) is 24.8. The van der Waals surface area contributed by atoms with Gasteiger partial charge < -0.3 is 19.4 Å². The van der Waals surface area contributed by atoms with Crippen LogP contribution in [0.15, 0.2) is 66.7 Å². The van der Waals surface area contributed by atoms with E-state index in [1.54, 1.807) is 31.4 Å². The van der Waals surface area contributed by atoms with Crippen molar-refractivity contribution in [2.45, 2.75) is 46.2 Å². The fraction of sp³-hybridized carbons (Fsp3) is 0.310. The van der Waals surface area contributed by atoms with E-state index in [1.807, 2.05) is 25.1 Å². The van der Waals surface area contributed by atoms with E-state index < -0.39 is 0 Å². The number of hydrogen-bond acceptors (Lipinski definition) is 4. The summed E-state index contributed by atoms with van der Waals surface area (Å²) >= 11 is 0. The molecule has 0 fully saturated rings. The average molecular weight is 472 g/mol. The van der Waals surface area contributed by atoms with Crippen LogP contribution in [0.5, 0.6) is 11.5 Å². The van der Waals surface area contributed by atoms with Crippen LogP contribution >= 0.6 is 0 Å². The van der Waals surface area contributed by atoms with Crippen molar-refractivity contribution in [1.82, 2.24) is 14.9 Å². The Balaban J connectivity index is 1.42. The van der Waals surface area contributed by atoms with Gasteiger partial charge in [0.2, 0.25) is 0 Å². The van der Waals surface area contributed by atoms with E-state index in [-0.39, 0.29) is 11.9 Å². The molecule has 0 spiro atoms. The number of amides is 1. The molecule has 1 unspecified atom stereocenters. The van der Waals surface area contributed by atoms with Gasteiger partial charge in [0.25, 0.3) is 5.91 Å².